The Morgan fingerprint density at radius 3 is 2.33 bits per heavy atom. The highest BCUT2D eigenvalue weighted by atomic mass is 15.3. The number of nitrogens with zero attached hydrogens (tertiary/aromatic N) is 2. The van der Waals surface area contributed by atoms with E-state index >= 15 is 0 Å². The minimum atomic E-state index is 0.351. The number of nitrogens with two attached hydrogens (primary N) is 1. The summed E-state index contributed by atoms with van der Waals surface area (Å²) < 4.78 is 1.88. The van der Waals surface area contributed by atoms with E-state index < -0.39 is 0 Å². The van der Waals surface area contributed by atoms with Gasteiger partial charge in [-0.1, -0.05) is 6.92 Å². The van der Waals surface area contributed by atoms with Crippen LogP contribution in [0, 0.1) is 6.92 Å². The van der Waals surface area contributed by atoms with E-state index in [2.05, 4.69) is 25.9 Å². The predicted octanol–water partition coefficient (Wildman–Crippen LogP) is 1.92. The van der Waals surface area contributed by atoms with Crippen LogP contribution < -0.4 is 5.73 Å². The summed E-state index contributed by atoms with van der Waals surface area (Å²) >= 11 is 0. The number of hydrogen-bond acceptors (Lipinski definition) is 2. The third-order valence-corrected chi connectivity index (χ3v) is 2.12. The van der Waals surface area contributed by atoms with Crippen LogP contribution in [0.2, 0.25) is 0 Å². The zero-order valence-electron chi connectivity index (χ0n) is 8.26. The van der Waals surface area contributed by atoms with Gasteiger partial charge < -0.3 is 5.73 Å². The van der Waals surface area contributed by atoms with Crippen LogP contribution >= 0.6 is 0 Å². The van der Waals surface area contributed by atoms with E-state index in [9.17, 15) is 0 Å². The molecule has 2 N–H and O–H groups in total. The number of nitrogen functional groups attached to an aromatic ring is 1. The number of rotatable bonds is 2. The summed E-state index contributed by atoms with van der Waals surface area (Å²) in [6, 6.07) is 0.351. The lowest BCUT2D eigenvalue weighted by molar-refractivity contribution is 0.535. The van der Waals surface area contributed by atoms with Gasteiger partial charge in [-0.3, -0.25) is 0 Å². The zero-order valence-corrected chi connectivity index (χ0v) is 8.26. The summed E-state index contributed by atoms with van der Waals surface area (Å²) in [7, 11) is 0. The molecule has 1 aromatic rings. The highest BCUT2D eigenvalue weighted by molar-refractivity contribution is 5.42. The van der Waals surface area contributed by atoms with Crippen LogP contribution in [0.3, 0.4) is 0 Å². The van der Waals surface area contributed by atoms with Crippen LogP contribution in [-0.2, 0) is 6.42 Å². The molecule has 3 heteroatoms. The normalized spacial score (nSPS) is 11.1. The second kappa shape index (κ2) is 3.17. The number of hydrogen-bond donors (Lipinski definition) is 1. The molecular weight excluding hydrogens is 150 g/mol. The molecule has 0 saturated carbocycles. The molecule has 0 aliphatic heterocycles. The van der Waals surface area contributed by atoms with Crippen LogP contribution in [0.15, 0.2) is 0 Å². The van der Waals surface area contributed by atoms with Crippen molar-refractivity contribution >= 4 is 5.82 Å². The molecule has 0 amide bonds. The number of aryl methyl sites for hydroxylation is 1. The van der Waals surface area contributed by atoms with Crippen LogP contribution in [0.4, 0.5) is 5.82 Å². The van der Waals surface area contributed by atoms with Gasteiger partial charge in [-0.05, 0) is 27.2 Å². The molecule has 1 rings (SSSR count). The first kappa shape index (κ1) is 9.10. The van der Waals surface area contributed by atoms with E-state index in [1.54, 1.807) is 0 Å². The molecule has 68 valence electrons. The molecule has 0 fully saturated rings. The summed E-state index contributed by atoms with van der Waals surface area (Å²) in [5.74, 6) is 0.807. The molecular formula is C9H17N3. The second-order valence-electron chi connectivity index (χ2n) is 3.35. The van der Waals surface area contributed by atoms with E-state index in [0.717, 1.165) is 23.5 Å². The Balaban J connectivity index is 3.16. The summed E-state index contributed by atoms with van der Waals surface area (Å²) in [4.78, 5) is 0. The third kappa shape index (κ3) is 1.31. The Labute approximate surface area is 73.6 Å². The molecule has 0 unspecified atom stereocenters. The van der Waals surface area contributed by atoms with Crippen molar-refractivity contribution in [1.82, 2.24) is 9.78 Å². The molecule has 0 bridgehead atoms. The van der Waals surface area contributed by atoms with Crippen molar-refractivity contribution < 1.29 is 0 Å². The standard InChI is InChI=1S/C9H17N3/c1-5-8-7(4)9(10)12(11-8)6(2)3/h6H,5,10H2,1-4H3. The largest absolute Gasteiger partial charge is 0.384 e. The minimum absolute atomic E-state index is 0.351. The highest BCUT2D eigenvalue weighted by Crippen LogP contribution is 2.19. The maximum atomic E-state index is 5.88. The summed E-state index contributed by atoms with van der Waals surface area (Å²) in [5, 5.41) is 4.42. The van der Waals surface area contributed by atoms with E-state index in [4.69, 9.17) is 5.73 Å². The molecule has 1 aromatic heterocycles. The van der Waals surface area contributed by atoms with Crippen molar-refractivity contribution in [2.75, 3.05) is 5.73 Å². The molecule has 3 nitrogen and oxygen atoms in total. The van der Waals surface area contributed by atoms with Gasteiger partial charge in [-0.25, -0.2) is 4.68 Å². The van der Waals surface area contributed by atoms with Crippen molar-refractivity contribution in [2.24, 2.45) is 0 Å². The first-order valence-electron chi connectivity index (χ1n) is 4.41. The SMILES string of the molecule is CCc1nn(C(C)C)c(N)c1C. The van der Waals surface area contributed by atoms with E-state index in [1.165, 1.54) is 0 Å². The molecule has 0 radical (unpaired) electrons. The predicted molar refractivity (Wildman–Crippen MR) is 51.1 cm³/mol. The molecule has 1 heterocycles. The van der Waals surface area contributed by atoms with Gasteiger partial charge in [-0.15, -0.1) is 0 Å². The molecule has 0 aliphatic carbocycles. The Kier molecular flexibility index (Phi) is 2.40. The van der Waals surface area contributed by atoms with Crippen LogP contribution in [-0.4, -0.2) is 9.78 Å². The third-order valence-electron chi connectivity index (χ3n) is 2.12. The van der Waals surface area contributed by atoms with Gasteiger partial charge in [0.25, 0.3) is 0 Å². The van der Waals surface area contributed by atoms with Gasteiger partial charge in [0.05, 0.1) is 5.69 Å². The average Bonchev–Trinajstić information content (AvgIpc) is 2.30. The van der Waals surface area contributed by atoms with Crippen molar-refractivity contribution in [1.29, 1.82) is 0 Å². The van der Waals surface area contributed by atoms with Crippen LogP contribution in [0.5, 0.6) is 0 Å². The van der Waals surface area contributed by atoms with Gasteiger partial charge in [0, 0.05) is 11.6 Å². The fourth-order valence-corrected chi connectivity index (χ4v) is 1.31. The lowest BCUT2D eigenvalue weighted by atomic mass is 10.2. The van der Waals surface area contributed by atoms with Crippen molar-refractivity contribution in [2.45, 2.75) is 40.2 Å². The number of aromatic nitrogens is 2. The molecule has 0 aliphatic rings. The number of anilines is 1. The van der Waals surface area contributed by atoms with E-state index in [0.29, 0.717) is 6.04 Å². The minimum Gasteiger partial charge on any atom is -0.384 e. The fraction of sp³-hybridized carbons (Fsp3) is 0.667. The maximum absolute atomic E-state index is 5.88. The molecule has 0 atom stereocenters. The average molecular weight is 167 g/mol. The summed E-state index contributed by atoms with van der Waals surface area (Å²) in [6.45, 7) is 8.30. The zero-order chi connectivity index (χ0) is 9.30. The van der Waals surface area contributed by atoms with E-state index in [-0.39, 0.29) is 0 Å². The van der Waals surface area contributed by atoms with Crippen LogP contribution in [0.1, 0.15) is 38.1 Å². The highest BCUT2D eigenvalue weighted by Gasteiger charge is 2.11. The Morgan fingerprint density at radius 1 is 1.50 bits per heavy atom. The fourth-order valence-electron chi connectivity index (χ4n) is 1.31. The summed E-state index contributed by atoms with van der Waals surface area (Å²) in [5.41, 5.74) is 8.12. The lowest BCUT2D eigenvalue weighted by Crippen LogP contribution is -2.07. The molecule has 0 saturated heterocycles. The van der Waals surface area contributed by atoms with Crippen molar-refractivity contribution in [3.63, 3.8) is 0 Å². The molecule has 0 spiro atoms. The monoisotopic (exact) mass is 167 g/mol. The van der Waals surface area contributed by atoms with Gasteiger partial charge in [-0.2, -0.15) is 5.10 Å². The lowest BCUT2D eigenvalue weighted by Gasteiger charge is -2.06. The first-order chi connectivity index (χ1) is 5.57. The summed E-state index contributed by atoms with van der Waals surface area (Å²) in [6.07, 6.45) is 0.954. The van der Waals surface area contributed by atoms with Gasteiger partial charge >= 0.3 is 0 Å². The Bertz CT molecular complexity index is 274. The van der Waals surface area contributed by atoms with E-state index in [1.807, 2.05) is 11.6 Å². The van der Waals surface area contributed by atoms with Gasteiger partial charge in [0.15, 0.2) is 0 Å². The maximum Gasteiger partial charge on any atom is 0.125 e. The van der Waals surface area contributed by atoms with Gasteiger partial charge in [0.2, 0.25) is 0 Å². The smallest absolute Gasteiger partial charge is 0.125 e. The van der Waals surface area contributed by atoms with Crippen LogP contribution in [0.25, 0.3) is 0 Å². The topological polar surface area (TPSA) is 43.8 Å². The Hall–Kier alpha value is -0.990. The first-order valence-corrected chi connectivity index (χ1v) is 4.41. The van der Waals surface area contributed by atoms with Crippen molar-refractivity contribution in [3.8, 4) is 0 Å². The second-order valence-corrected chi connectivity index (χ2v) is 3.35. The van der Waals surface area contributed by atoms with Crippen molar-refractivity contribution in [3.05, 3.63) is 11.3 Å². The molecule has 0 aromatic carbocycles. The van der Waals surface area contributed by atoms with Gasteiger partial charge in [0.1, 0.15) is 5.82 Å². The molecule has 12 heavy (non-hydrogen) atoms. The Morgan fingerprint density at radius 2 is 2.08 bits per heavy atom. The quantitative estimate of drug-likeness (QED) is 0.731.